The van der Waals surface area contributed by atoms with Gasteiger partial charge in [0.2, 0.25) is 0 Å². The molecule has 632 valence electrons. The molecule has 0 aromatic heterocycles. The molecule has 3 aromatic carbocycles. The molecule has 7 rings (SSSR count). The van der Waals surface area contributed by atoms with Crippen LogP contribution in [0, 0.1) is 11.8 Å². The largest absolute Gasteiger partial charge is 0.480 e. The molecule has 6 atom stereocenters. The molecule has 27 heteroatoms. The molecule has 0 spiro atoms. The summed E-state index contributed by atoms with van der Waals surface area (Å²) in [5, 5.41) is 19.6. The zero-order chi connectivity index (χ0) is 76.1. The van der Waals surface area contributed by atoms with Crippen LogP contribution in [0.4, 0.5) is 4.79 Å². The van der Waals surface area contributed by atoms with Gasteiger partial charge in [-0.2, -0.15) is 0 Å². The van der Waals surface area contributed by atoms with E-state index >= 15 is 0 Å². The topological polar surface area (TPSA) is 330 Å². The van der Waals surface area contributed by atoms with Crippen LogP contribution in [0.5, 0.6) is 11.5 Å². The van der Waals surface area contributed by atoms with Crippen molar-refractivity contribution in [3.63, 3.8) is 0 Å². The number of carbonyl (C=O) groups is 5. The van der Waals surface area contributed by atoms with E-state index in [2.05, 4.69) is 36.0 Å². The van der Waals surface area contributed by atoms with E-state index in [0.717, 1.165) is 56.1 Å². The fraction of sp³-hybridized carbons (Fsp3) is 0.720. The summed E-state index contributed by atoms with van der Waals surface area (Å²) >= 11 is 0. The van der Waals surface area contributed by atoms with E-state index in [-0.39, 0.29) is 106 Å². The highest BCUT2D eigenvalue weighted by atomic mass is 16.6. The average molecular weight is 1560 g/mol. The van der Waals surface area contributed by atoms with Crippen molar-refractivity contribution in [2.75, 3.05) is 194 Å². The fourth-order valence-electron chi connectivity index (χ4n) is 12.4. The minimum Gasteiger partial charge on any atom is -0.480 e. The van der Waals surface area contributed by atoms with E-state index in [1.165, 1.54) is 48.8 Å². The van der Waals surface area contributed by atoms with E-state index in [1.807, 2.05) is 75.4 Å². The first-order valence-corrected chi connectivity index (χ1v) is 36.3. The monoisotopic (exact) mass is 1560 g/mol. The number of hydrogen-bond acceptors (Lipinski definition) is 25. The highest BCUT2D eigenvalue weighted by Crippen LogP contribution is 2.49. The van der Waals surface area contributed by atoms with Crippen LogP contribution >= 0.6 is 0 Å². The zero-order valence-corrected chi connectivity index (χ0v) is 63.7. The Morgan fingerprint density at radius 2 is 0.844 bits per heavy atom. The Kier molecular flexibility index (Phi) is 63.7. The van der Waals surface area contributed by atoms with Gasteiger partial charge in [0.25, 0.3) is 0 Å². The van der Waals surface area contributed by atoms with Gasteiger partial charge in [0, 0.05) is 58.5 Å². The smallest absolute Gasteiger partial charge is 0.407 e. The third kappa shape index (κ3) is 46.1. The highest BCUT2D eigenvalue weighted by molar-refractivity contribution is 5.74. The molecule has 0 aliphatic heterocycles. The molecular weight excluding hydrogens is 1410 g/mol. The van der Waals surface area contributed by atoms with Gasteiger partial charge < -0.3 is 107 Å². The van der Waals surface area contributed by atoms with Crippen molar-refractivity contribution in [3.05, 3.63) is 94.5 Å². The van der Waals surface area contributed by atoms with E-state index in [0.29, 0.717) is 149 Å². The summed E-state index contributed by atoms with van der Waals surface area (Å²) in [5.74, 6) is -0.254. The number of carboxylic acid groups (broad SMARTS) is 1. The first-order chi connectivity index (χ1) is 50.2. The van der Waals surface area contributed by atoms with Crippen molar-refractivity contribution in [3.8, 4) is 11.5 Å². The second-order valence-corrected chi connectivity index (χ2v) is 26.7. The van der Waals surface area contributed by atoms with Crippen LogP contribution in [-0.2, 0) is 125 Å². The first-order valence-electron chi connectivity index (χ1n) is 36.3. The predicted octanol–water partition coefficient (Wildman–Crippen LogP) is 11.5. The number of benzene rings is 3. The Balaban J connectivity index is -0.00000141. The number of aliphatic hydroxyl groups is 1. The number of alkyl carbamates (subject to hydrolysis) is 1. The number of hydrogen-bond donors (Lipinski definition) is 4. The van der Waals surface area contributed by atoms with Crippen molar-refractivity contribution < 1.29 is 119 Å². The Hall–Kier alpha value is -5.83. The van der Waals surface area contributed by atoms with Gasteiger partial charge in [-0.05, 0) is 123 Å². The first kappa shape index (κ1) is 107. The summed E-state index contributed by atoms with van der Waals surface area (Å²) in [6.45, 7) is 18.5. The summed E-state index contributed by atoms with van der Waals surface area (Å²) in [5.41, 5.74) is 11.9. The molecule has 0 heterocycles. The van der Waals surface area contributed by atoms with E-state index in [4.69, 9.17) is 96.5 Å². The normalized spacial score (nSPS) is 18.5. The van der Waals surface area contributed by atoms with Crippen LogP contribution in [0.1, 0.15) is 164 Å². The van der Waals surface area contributed by atoms with Crippen LogP contribution in [0.25, 0.3) is 0 Å². The van der Waals surface area contributed by atoms with Gasteiger partial charge in [0.15, 0.2) is 0 Å². The van der Waals surface area contributed by atoms with Crippen LogP contribution in [-0.4, -0.2) is 252 Å². The molecule has 109 heavy (non-hydrogen) atoms. The highest BCUT2D eigenvalue weighted by Gasteiger charge is 2.47. The Morgan fingerprint density at radius 1 is 0.468 bits per heavy atom. The van der Waals surface area contributed by atoms with Crippen LogP contribution in [0.15, 0.2) is 66.7 Å². The lowest BCUT2D eigenvalue weighted by atomic mass is 9.59. The molecule has 0 unspecified atom stereocenters. The van der Waals surface area contributed by atoms with Gasteiger partial charge >= 0.3 is 30.0 Å². The molecule has 1 amide bonds. The summed E-state index contributed by atoms with van der Waals surface area (Å²) in [4.78, 5) is 58.7. The minimum absolute atomic E-state index is 0. The predicted molar refractivity (Wildman–Crippen MR) is 422 cm³/mol. The standard InChI is InChI=1S/C31H41NO7.C23H35NO5.C11H22O5.C7H14O5.C5H12O3.5CH4/c1-31-14-8-4-7-11-25(29(31)32-30(34)38-21-23-9-5-3-6-10-23)19-24-12-13-26(20-27(24)31)39-28(33)22-37-18-17-36-16-15-35-2;1-23-9-5-3-4-6-18(22(23)24)14-17-7-8-19(15-20(17)23)29-21(25)16-28-13-12-27-11-10-26-2;1-11(2,3)16-10(12)9-15-8-7-14-6-5-13-4;1-10-2-3-11-4-5-12-6-7(8)9;1-7-4-5-8-3-2-6;;;;;/h3,5-6,9-10,12-13,20,25,29H,4,7-8,11,14-19,21-22H2,1-2H3,(H,32,34);7-8,15,18,22H,3-6,9-14,16,24H2,1-2H3;5-9H2,1-4H3;2-6H2,1H3,(H,8,9);6H,2-5H2,1H3;5*1H4/t25-,29-,31+;18-,22-,23+;;;;;;;;/m00......../s1. The van der Waals surface area contributed by atoms with Crippen molar-refractivity contribution in [2.45, 2.75) is 184 Å². The molecule has 5 N–H and O–H groups in total. The number of ether oxygens (including phenoxy) is 18. The third-order valence-corrected chi connectivity index (χ3v) is 17.4. The van der Waals surface area contributed by atoms with E-state index in [9.17, 15) is 24.0 Å². The van der Waals surface area contributed by atoms with Gasteiger partial charge in [0.05, 0.1) is 132 Å². The Labute approximate surface area is 653 Å². The quantitative estimate of drug-likeness (QED) is 0.0232. The number of aliphatic hydroxyl groups excluding tert-OH is 1. The number of aliphatic carboxylic acids is 1. The Morgan fingerprint density at radius 3 is 1.27 bits per heavy atom. The summed E-state index contributed by atoms with van der Waals surface area (Å²) in [7, 11) is 8.06. The lowest BCUT2D eigenvalue weighted by Gasteiger charge is -2.49. The Bertz CT molecular complexity index is 2770. The molecule has 4 aliphatic carbocycles. The number of methoxy groups -OCH3 is 5. The molecular formula is C82H144N2O25. The zero-order valence-electron chi connectivity index (χ0n) is 63.7. The van der Waals surface area contributed by atoms with Crippen molar-refractivity contribution in [1.29, 1.82) is 0 Å². The number of carboxylic acids is 1. The molecule has 2 fully saturated rings. The number of rotatable bonds is 42. The van der Waals surface area contributed by atoms with Gasteiger partial charge in [-0.15, -0.1) is 0 Å². The van der Waals surface area contributed by atoms with Crippen molar-refractivity contribution in [1.82, 2.24) is 5.32 Å². The third-order valence-electron chi connectivity index (χ3n) is 17.4. The molecule has 2 saturated carbocycles. The SMILES string of the molecule is C.C.C.C.C.COCCOCCO.COCCOCCOCC(=O)O.COCCOCCOCC(=O)OC(C)(C)C.COCCOCCOCC(=O)Oc1ccc2c(c1)[C@@]1(C)CCCCC[C@@H](C2)[C@@H]1N.COCCOCCOCC(=O)Oc1ccc2c(c1)[C@@]1(C)CCCCC[C@@H](C2)[C@@H]1NC(=O)OCc1ccccc1. The fourth-order valence-corrected chi connectivity index (χ4v) is 12.4. The summed E-state index contributed by atoms with van der Waals surface area (Å²) in [6, 6.07) is 21.7. The van der Waals surface area contributed by atoms with Crippen molar-refractivity contribution >= 4 is 30.0 Å². The van der Waals surface area contributed by atoms with E-state index in [1.54, 1.807) is 35.5 Å². The van der Waals surface area contributed by atoms with E-state index < -0.39 is 29.6 Å². The number of carbonyl (C=O) groups excluding carboxylic acids is 4. The second-order valence-electron chi connectivity index (χ2n) is 26.7. The second kappa shape index (κ2) is 64.7. The average Bonchev–Trinajstić information content (AvgIpc) is 0.751. The summed E-state index contributed by atoms with van der Waals surface area (Å²) < 4.78 is 92.0. The maximum atomic E-state index is 12.9. The minimum atomic E-state index is -0.966. The number of esters is 3. The summed E-state index contributed by atoms with van der Waals surface area (Å²) in [6.07, 6.45) is 12.9. The van der Waals surface area contributed by atoms with Crippen molar-refractivity contribution in [2.24, 2.45) is 17.6 Å². The lowest BCUT2D eigenvalue weighted by molar-refractivity contribution is -0.160. The van der Waals surface area contributed by atoms with Gasteiger partial charge in [-0.25, -0.2) is 24.0 Å². The molecule has 0 radical (unpaired) electrons. The maximum Gasteiger partial charge on any atom is 0.407 e. The van der Waals surface area contributed by atoms with Crippen LogP contribution in [0.2, 0.25) is 0 Å². The van der Waals surface area contributed by atoms with Gasteiger partial charge in [0.1, 0.15) is 50.1 Å². The maximum absolute atomic E-state index is 12.9. The van der Waals surface area contributed by atoms with Gasteiger partial charge in [-0.1, -0.05) is 132 Å². The number of amides is 1. The van der Waals surface area contributed by atoms with Crippen LogP contribution in [0.3, 0.4) is 0 Å². The number of fused-ring (bicyclic) bond motifs is 8. The molecule has 27 nitrogen and oxygen atoms in total. The molecule has 3 aromatic rings. The van der Waals surface area contributed by atoms with Gasteiger partial charge in [-0.3, -0.25) is 0 Å². The van der Waals surface area contributed by atoms with Crippen LogP contribution < -0.4 is 20.5 Å². The lowest BCUT2D eigenvalue weighted by Crippen LogP contribution is -2.57. The molecule has 0 saturated heterocycles. The molecule has 4 bridgehead atoms. The number of nitrogens with one attached hydrogen (secondary N) is 1. The molecule has 4 aliphatic rings. The number of nitrogens with two attached hydrogens (primary N) is 1.